The minimum Gasteiger partial charge on any atom is -0.320 e. The van der Waals surface area contributed by atoms with Gasteiger partial charge in [-0.05, 0) is 48.5 Å². The van der Waals surface area contributed by atoms with Crippen LogP contribution in [0.5, 0.6) is 0 Å². The van der Waals surface area contributed by atoms with Crippen LogP contribution in [0.2, 0.25) is 5.02 Å². The molecule has 0 bridgehead atoms. The molecule has 1 aromatic heterocycles. The highest BCUT2D eigenvalue weighted by Crippen LogP contribution is 2.26. The Labute approximate surface area is 190 Å². The van der Waals surface area contributed by atoms with Crippen molar-refractivity contribution in [2.45, 2.75) is 4.90 Å². The average Bonchev–Trinajstić information content (AvgIpc) is 3.34. The van der Waals surface area contributed by atoms with Gasteiger partial charge in [-0.1, -0.05) is 41.1 Å². The standard InChI is InChI=1S/C22H18ClN5O3S/c1-27(18-8-5-7-17(23)15-18)32(30,31)19-9-4-6-16(14-19)22(29)25-20-10-2-3-11-21(20)28-13-12-24-26-28/h2-15H,1H3,(H,25,29). The summed E-state index contributed by atoms with van der Waals surface area (Å²) in [6, 6.07) is 19.5. The van der Waals surface area contributed by atoms with E-state index in [9.17, 15) is 13.2 Å². The number of para-hydroxylation sites is 2. The number of carbonyl (C=O) groups is 1. The first-order chi connectivity index (χ1) is 15.4. The molecule has 1 N–H and O–H groups in total. The number of nitrogens with one attached hydrogen (secondary N) is 1. The molecule has 4 rings (SSSR count). The Bertz CT molecular complexity index is 1370. The van der Waals surface area contributed by atoms with Crippen LogP contribution in [0.3, 0.4) is 0 Å². The predicted molar refractivity (Wildman–Crippen MR) is 123 cm³/mol. The zero-order valence-corrected chi connectivity index (χ0v) is 18.5. The van der Waals surface area contributed by atoms with Gasteiger partial charge < -0.3 is 5.32 Å². The van der Waals surface area contributed by atoms with Crippen molar-refractivity contribution >= 4 is 38.9 Å². The number of aromatic nitrogens is 3. The molecular weight excluding hydrogens is 450 g/mol. The molecule has 3 aromatic carbocycles. The summed E-state index contributed by atoms with van der Waals surface area (Å²) in [5.74, 6) is -0.458. The number of hydrogen-bond donors (Lipinski definition) is 1. The molecule has 0 aliphatic rings. The zero-order chi connectivity index (χ0) is 22.7. The number of benzene rings is 3. The van der Waals surface area contributed by atoms with E-state index in [1.165, 1.54) is 36.1 Å². The highest BCUT2D eigenvalue weighted by molar-refractivity contribution is 7.92. The van der Waals surface area contributed by atoms with Gasteiger partial charge in [0.2, 0.25) is 0 Å². The molecule has 0 radical (unpaired) electrons. The number of anilines is 2. The second-order valence-electron chi connectivity index (χ2n) is 6.80. The average molecular weight is 468 g/mol. The van der Waals surface area contributed by atoms with Crippen molar-refractivity contribution in [3.8, 4) is 5.69 Å². The molecule has 0 fully saturated rings. The zero-order valence-electron chi connectivity index (χ0n) is 16.9. The van der Waals surface area contributed by atoms with Crippen LogP contribution in [0.1, 0.15) is 10.4 Å². The van der Waals surface area contributed by atoms with E-state index in [1.54, 1.807) is 54.7 Å². The Balaban J connectivity index is 1.62. The summed E-state index contributed by atoms with van der Waals surface area (Å²) < 4.78 is 28.9. The third-order valence-corrected chi connectivity index (χ3v) is 6.76. The van der Waals surface area contributed by atoms with Crippen LogP contribution in [0, 0.1) is 0 Å². The number of nitrogens with zero attached hydrogens (tertiary/aromatic N) is 4. The van der Waals surface area contributed by atoms with Gasteiger partial charge in [-0.25, -0.2) is 13.1 Å². The monoisotopic (exact) mass is 467 g/mol. The molecule has 0 spiro atoms. The molecule has 162 valence electrons. The summed E-state index contributed by atoms with van der Waals surface area (Å²) in [6.45, 7) is 0. The van der Waals surface area contributed by atoms with Gasteiger partial charge in [0.25, 0.3) is 15.9 Å². The topological polar surface area (TPSA) is 97.2 Å². The Kier molecular flexibility index (Phi) is 5.93. The van der Waals surface area contributed by atoms with Crippen LogP contribution < -0.4 is 9.62 Å². The van der Waals surface area contributed by atoms with E-state index in [2.05, 4.69) is 15.6 Å². The Morgan fingerprint density at radius 3 is 2.56 bits per heavy atom. The molecule has 0 aliphatic carbocycles. The molecule has 0 saturated heterocycles. The lowest BCUT2D eigenvalue weighted by Crippen LogP contribution is -2.27. The molecule has 1 heterocycles. The second kappa shape index (κ2) is 8.81. The third-order valence-electron chi connectivity index (χ3n) is 4.75. The molecule has 1 amide bonds. The fourth-order valence-electron chi connectivity index (χ4n) is 3.08. The lowest BCUT2D eigenvalue weighted by Gasteiger charge is -2.20. The van der Waals surface area contributed by atoms with Crippen molar-refractivity contribution in [1.29, 1.82) is 0 Å². The lowest BCUT2D eigenvalue weighted by atomic mass is 10.2. The lowest BCUT2D eigenvalue weighted by molar-refractivity contribution is 0.102. The van der Waals surface area contributed by atoms with Gasteiger partial charge in [0.05, 0.1) is 34.4 Å². The van der Waals surface area contributed by atoms with Crippen molar-refractivity contribution in [3.63, 3.8) is 0 Å². The summed E-state index contributed by atoms with van der Waals surface area (Å²) in [5, 5.41) is 11.0. The van der Waals surface area contributed by atoms with E-state index < -0.39 is 15.9 Å². The van der Waals surface area contributed by atoms with E-state index in [0.717, 1.165) is 4.31 Å². The fraction of sp³-hybridized carbons (Fsp3) is 0.0455. The molecular formula is C22H18ClN5O3S. The Morgan fingerprint density at radius 2 is 1.81 bits per heavy atom. The predicted octanol–water partition coefficient (Wildman–Crippen LogP) is 4.00. The third kappa shape index (κ3) is 4.34. The first-order valence-electron chi connectivity index (χ1n) is 9.48. The molecule has 0 atom stereocenters. The number of hydrogen-bond acceptors (Lipinski definition) is 5. The van der Waals surface area contributed by atoms with Crippen LogP contribution in [0.25, 0.3) is 5.69 Å². The van der Waals surface area contributed by atoms with Gasteiger partial charge >= 0.3 is 0 Å². The fourth-order valence-corrected chi connectivity index (χ4v) is 4.50. The molecule has 32 heavy (non-hydrogen) atoms. The summed E-state index contributed by atoms with van der Waals surface area (Å²) in [5.41, 5.74) is 1.74. The van der Waals surface area contributed by atoms with Gasteiger partial charge in [0, 0.05) is 17.6 Å². The molecule has 8 nitrogen and oxygen atoms in total. The molecule has 0 aliphatic heterocycles. The quantitative estimate of drug-likeness (QED) is 0.462. The number of halogens is 1. The van der Waals surface area contributed by atoms with Crippen LogP contribution in [-0.4, -0.2) is 36.4 Å². The molecule has 10 heteroatoms. The molecule has 0 unspecified atom stereocenters. The highest BCUT2D eigenvalue weighted by atomic mass is 35.5. The van der Waals surface area contributed by atoms with Gasteiger partial charge in [-0.2, -0.15) is 0 Å². The summed E-state index contributed by atoms with van der Waals surface area (Å²) in [6.07, 6.45) is 3.19. The van der Waals surface area contributed by atoms with Crippen molar-refractivity contribution < 1.29 is 13.2 Å². The summed E-state index contributed by atoms with van der Waals surface area (Å²) >= 11 is 5.99. The normalized spacial score (nSPS) is 11.2. The maximum absolute atomic E-state index is 13.1. The van der Waals surface area contributed by atoms with E-state index >= 15 is 0 Å². The van der Waals surface area contributed by atoms with Crippen LogP contribution in [0.15, 0.2) is 90.1 Å². The smallest absolute Gasteiger partial charge is 0.264 e. The van der Waals surface area contributed by atoms with E-state index in [4.69, 9.17) is 11.6 Å². The second-order valence-corrected chi connectivity index (χ2v) is 9.20. The first kappa shape index (κ1) is 21.5. The minimum absolute atomic E-state index is 0.0165. The van der Waals surface area contributed by atoms with Gasteiger partial charge in [0.15, 0.2) is 0 Å². The molecule has 0 saturated carbocycles. The number of sulfonamides is 1. The maximum Gasteiger partial charge on any atom is 0.264 e. The van der Waals surface area contributed by atoms with Crippen molar-refractivity contribution in [2.24, 2.45) is 0 Å². The van der Waals surface area contributed by atoms with Crippen LogP contribution in [-0.2, 0) is 10.0 Å². The SMILES string of the molecule is CN(c1cccc(Cl)c1)S(=O)(=O)c1cccc(C(=O)Nc2ccccc2-n2ccnn2)c1. The minimum atomic E-state index is -3.91. The highest BCUT2D eigenvalue weighted by Gasteiger charge is 2.23. The van der Waals surface area contributed by atoms with Crippen molar-refractivity contribution in [1.82, 2.24) is 15.0 Å². The van der Waals surface area contributed by atoms with Crippen LogP contribution >= 0.6 is 11.6 Å². The Morgan fingerprint density at radius 1 is 1.03 bits per heavy atom. The molecule has 4 aromatic rings. The van der Waals surface area contributed by atoms with Crippen LogP contribution in [0.4, 0.5) is 11.4 Å². The summed E-state index contributed by atoms with van der Waals surface area (Å²) in [7, 11) is -2.48. The number of rotatable bonds is 6. The van der Waals surface area contributed by atoms with Gasteiger partial charge in [-0.15, -0.1) is 5.10 Å². The summed E-state index contributed by atoms with van der Waals surface area (Å²) in [4.78, 5) is 12.9. The first-order valence-corrected chi connectivity index (χ1v) is 11.3. The van der Waals surface area contributed by atoms with Gasteiger partial charge in [0.1, 0.15) is 0 Å². The number of amides is 1. The number of carbonyl (C=O) groups excluding carboxylic acids is 1. The van der Waals surface area contributed by atoms with E-state index in [1.807, 2.05) is 6.07 Å². The van der Waals surface area contributed by atoms with E-state index in [0.29, 0.717) is 22.1 Å². The van der Waals surface area contributed by atoms with Crippen molar-refractivity contribution in [2.75, 3.05) is 16.7 Å². The maximum atomic E-state index is 13.1. The Hall–Kier alpha value is -3.69. The van der Waals surface area contributed by atoms with E-state index in [-0.39, 0.29) is 10.5 Å². The van der Waals surface area contributed by atoms with Crippen molar-refractivity contribution in [3.05, 3.63) is 95.8 Å². The van der Waals surface area contributed by atoms with Gasteiger partial charge in [-0.3, -0.25) is 9.10 Å². The largest absolute Gasteiger partial charge is 0.320 e.